The molecule has 0 atom stereocenters. The van der Waals surface area contributed by atoms with Crippen molar-refractivity contribution in [2.24, 2.45) is 0 Å². The molecule has 0 radical (unpaired) electrons. The zero-order chi connectivity index (χ0) is 15.4. The Morgan fingerprint density at radius 2 is 1.90 bits per heavy atom. The van der Waals surface area contributed by atoms with Crippen molar-refractivity contribution in [3.05, 3.63) is 34.9 Å². The first-order valence-corrected chi connectivity index (χ1v) is 8.23. The van der Waals surface area contributed by atoms with Crippen molar-refractivity contribution >= 4 is 28.6 Å². The number of nitrogens with zero attached hydrogens (tertiary/aromatic N) is 1. The minimum Gasteiger partial charge on any atom is -0.465 e. The van der Waals surface area contributed by atoms with Gasteiger partial charge in [0, 0.05) is 5.39 Å². The highest BCUT2D eigenvalue weighted by atomic mass is 32.2. The Balaban J connectivity index is 2.33. The molecule has 0 aliphatic rings. The van der Waals surface area contributed by atoms with Crippen LogP contribution < -0.4 is 0 Å². The summed E-state index contributed by atoms with van der Waals surface area (Å²) >= 11 is 1.46. The second-order valence-electron chi connectivity index (χ2n) is 5.03. The molecule has 112 valence electrons. The van der Waals surface area contributed by atoms with Crippen LogP contribution in [0.25, 0.3) is 10.9 Å². The van der Waals surface area contributed by atoms with Crippen LogP contribution in [-0.4, -0.2) is 23.3 Å². The number of carbonyl (C=O) groups excluding carboxylic acids is 1. The van der Waals surface area contributed by atoms with E-state index in [2.05, 4.69) is 39.0 Å². The summed E-state index contributed by atoms with van der Waals surface area (Å²) < 4.78 is 4.97. The van der Waals surface area contributed by atoms with Gasteiger partial charge in [-0.1, -0.05) is 18.7 Å². The van der Waals surface area contributed by atoms with Gasteiger partial charge in [0.2, 0.25) is 0 Å². The summed E-state index contributed by atoms with van der Waals surface area (Å²) in [5, 5.41) is 2.09. The summed E-state index contributed by atoms with van der Waals surface area (Å²) in [6.07, 6.45) is 0.904. The van der Waals surface area contributed by atoms with Crippen molar-refractivity contribution < 1.29 is 9.53 Å². The number of fused-ring (bicyclic) bond motifs is 1. The monoisotopic (exact) mass is 303 g/mol. The van der Waals surface area contributed by atoms with Crippen molar-refractivity contribution in [1.29, 1.82) is 0 Å². The molecule has 0 saturated heterocycles. The largest absolute Gasteiger partial charge is 0.465 e. The maximum absolute atomic E-state index is 11.5. The number of carbonyl (C=O) groups is 1. The Morgan fingerprint density at radius 3 is 2.57 bits per heavy atom. The van der Waals surface area contributed by atoms with E-state index in [1.54, 1.807) is 0 Å². The first-order valence-electron chi connectivity index (χ1n) is 7.24. The number of aromatic nitrogens is 1. The molecule has 3 nitrogen and oxygen atoms in total. The fraction of sp³-hybridized carbons (Fsp3) is 0.412. The van der Waals surface area contributed by atoms with E-state index < -0.39 is 0 Å². The fourth-order valence-corrected chi connectivity index (χ4v) is 3.06. The molecule has 0 bridgehead atoms. The van der Waals surface area contributed by atoms with Crippen molar-refractivity contribution in [3.8, 4) is 0 Å². The van der Waals surface area contributed by atoms with Gasteiger partial charge in [0.1, 0.15) is 5.03 Å². The number of rotatable bonds is 5. The normalized spacial score (nSPS) is 10.9. The molecule has 2 aromatic rings. The molecular weight excluding hydrogens is 282 g/mol. The summed E-state index contributed by atoms with van der Waals surface area (Å²) in [5.74, 6) is 0.121. The smallest absolute Gasteiger partial charge is 0.316 e. The average molecular weight is 303 g/mol. The van der Waals surface area contributed by atoms with Gasteiger partial charge in [0.25, 0.3) is 0 Å². The quantitative estimate of drug-likeness (QED) is 0.616. The molecule has 0 spiro atoms. The standard InChI is InChI=1S/C17H21NO2S/c1-5-13-9-14-7-11(3)12(4)8-15(14)18-17(13)21-10-16(19)20-6-2/h7-9H,5-6,10H2,1-4H3. The molecule has 2 rings (SSSR count). The van der Waals surface area contributed by atoms with Crippen LogP contribution in [0.1, 0.15) is 30.5 Å². The number of esters is 1. The molecule has 4 heteroatoms. The Kier molecular flexibility index (Phi) is 5.23. The van der Waals surface area contributed by atoms with E-state index in [4.69, 9.17) is 9.72 Å². The van der Waals surface area contributed by atoms with Gasteiger partial charge in [-0.15, -0.1) is 0 Å². The second-order valence-corrected chi connectivity index (χ2v) is 5.99. The second kappa shape index (κ2) is 6.94. The number of benzene rings is 1. The van der Waals surface area contributed by atoms with E-state index in [-0.39, 0.29) is 5.97 Å². The van der Waals surface area contributed by atoms with E-state index in [1.165, 1.54) is 28.5 Å². The van der Waals surface area contributed by atoms with E-state index in [9.17, 15) is 4.79 Å². The molecular formula is C17H21NO2S. The van der Waals surface area contributed by atoms with Gasteiger partial charge >= 0.3 is 5.97 Å². The highest BCUT2D eigenvalue weighted by molar-refractivity contribution is 7.99. The molecule has 0 aliphatic carbocycles. The highest BCUT2D eigenvalue weighted by Gasteiger charge is 2.10. The summed E-state index contributed by atoms with van der Waals surface area (Å²) in [6, 6.07) is 6.47. The van der Waals surface area contributed by atoms with E-state index in [1.807, 2.05) is 6.92 Å². The number of thioether (sulfide) groups is 1. The average Bonchev–Trinajstić information content (AvgIpc) is 2.46. The molecule has 1 aromatic carbocycles. The molecule has 0 amide bonds. The third-order valence-corrected chi connectivity index (χ3v) is 4.49. The van der Waals surface area contributed by atoms with Crippen molar-refractivity contribution in [1.82, 2.24) is 4.98 Å². The van der Waals surface area contributed by atoms with Crippen LogP contribution in [-0.2, 0) is 16.0 Å². The van der Waals surface area contributed by atoms with Gasteiger partial charge in [-0.3, -0.25) is 4.79 Å². The maximum Gasteiger partial charge on any atom is 0.316 e. The Bertz CT molecular complexity index is 667. The van der Waals surface area contributed by atoms with Crippen LogP contribution in [0.2, 0.25) is 0 Å². The zero-order valence-corrected chi connectivity index (χ0v) is 13.8. The third-order valence-electron chi connectivity index (χ3n) is 3.48. The fourth-order valence-electron chi connectivity index (χ4n) is 2.17. The molecule has 0 aliphatic heterocycles. The van der Waals surface area contributed by atoms with E-state index in [0.717, 1.165) is 22.3 Å². The predicted octanol–water partition coefficient (Wildman–Crippen LogP) is 4.07. The van der Waals surface area contributed by atoms with Gasteiger partial charge in [-0.05, 0) is 62.1 Å². The van der Waals surface area contributed by atoms with E-state index >= 15 is 0 Å². The van der Waals surface area contributed by atoms with E-state index in [0.29, 0.717) is 12.4 Å². The Morgan fingerprint density at radius 1 is 1.19 bits per heavy atom. The summed E-state index contributed by atoms with van der Waals surface area (Å²) in [4.78, 5) is 16.2. The van der Waals surface area contributed by atoms with Gasteiger partial charge < -0.3 is 4.74 Å². The minimum atomic E-state index is -0.188. The van der Waals surface area contributed by atoms with Gasteiger partial charge in [0.05, 0.1) is 17.9 Å². The maximum atomic E-state index is 11.5. The lowest BCUT2D eigenvalue weighted by Crippen LogP contribution is -2.07. The Labute approximate surface area is 130 Å². The third kappa shape index (κ3) is 3.76. The number of hydrogen-bond donors (Lipinski definition) is 0. The first kappa shape index (κ1) is 15.8. The first-order chi connectivity index (χ1) is 10.0. The number of ether oxygens (including phenoxy) is 1. The molecule has 1 heterocycles. The molecule has 0 saturated carbocycles. The van der Waals surface area contributed by atoms with Crippen LogP contribution in [0.15, 0.2) is 23.2 Å². The molecule has 0 N–H and O–H groups in total. The van der Waals surface area contributed by atoms with Gasteiger partial charge in [0.15, 0.2) is 0 Å². The van der Waals surface area contributed by atoms with Crippen LogP contribution in [0, 0.1) is 13.8 Å². The SMILES string of the molecule is CCOC(=O)CSc1nc2cc(C)c(C)cc2cc1CC. The van der Waals surface area contributed by atoms with Gasteiger partial charge in [-0.25, -0.2) is 4.98 Å². The topological polar surface area (TPSA) is 39.2 Å². The lowest BCUT2D eigenvalue weighted by Gasteiger charge is -2.10. The lowest BCUT2D eigenvalue weighted by atomic mass is 10.0. The molecule has 0 unspecified atom stereocenters. The zero-order valence-electron chi connectivity index (χ0n) is 13.0. The van der Waals surface area contributed by atoms with Crippen molar-refractivity contribution in [2.75, 3.05) is 12.4 Å². The summed E-state index contributed by atoms with van der Waals surface area (Å²) in [5.41, 5.74) is 4.68. The predicted molar refractivity (Wildman–Crippen MR) is 88.0 cm³/mol. The molecule has 21 heavy (non-hydrogen) atoms. The van der Waals surface area contributed by atoms with Crippen LogP contribution in [0.5, 0.6) is 0 Å². The van der Waals surface area contributed by atoms with Crippen LogP contribution in [0.4, 0.5) is 0 Å². The number of aryl methyl sites for hydroxylation is 3. The summed E-state index contributed by atoms with van der Waals surface area (Å²) in [7, 11) is 0. The highest BCUT2D eigenvalue weighted by Crippen LogP contribution is 2.27. The van der Waals surface area contributed by atoms with Crippen LogP contribution in [0.3, 0.4) is 0 Å². The minimum absolute atomic E-state index is 0.188. The molecule has 1 aromatic heterocycles. The number of pyridine rings is 1. The summed E-state index contributed by atoms with van der Waals surface area (Å²) in [6.45, 7) is 8.56. The van der Waals surface area contributed by atoms with Crippen molar-refractivity contribution in [3.63, 3.8) is 0 Å². The number of hydrogen-bond acceptors (Lipinski definition) is 4. The van der Waals surface area contributed by atoms with Gasteiger partial charge in [-0.2, -0.15) is 0 Å². The Hall–Kier alpha value is -1.55. The van der Waals surface area contributed by atoms with Crippen LogP contribution >= 0.6 is 11.8 Å². The van der Waals surface area contributed by atoms with Crippen molar-refractivity contribution in [2.45, 2.75) is 39.1 Å². The lowest BCUT2D eigenvalue weighted by molar-refractivity contribution is -0.139. The molecule has 0 fully saturated rings.